The third-order valence-corrected chi connectivity index (χ3v) is 2.67. The van der Waals surface area contributed by atoms with Crippen molar-refractivity contribution in [2.45, 2.75) is 19.4 Å². The molecule has 18 heavy (non-hydrogen) atoms. The largest absolute Gasteiger partial charge is 0.497 e. The molecule has 1 aromatic carbocycles. The maximum atomic E-state index is 11.9. The van der Waals surface area contributed by atoms with Crippen LogP contribution in [-0.4, -0.2) is 26.8 Å². The summed E-state index contributed by atoms with van der Waals surface area (Å²) in [6, 6.07) is 5.11. The number of carbonyl (C=O) groups excluding carboxylic acids is 1. The van der Waals surface area contributed by atoms with Gasteiger partial charge < -0.3 is 19.9 Å². The van der Waals surface area contributed by atoms with Gasteiger partial charge in [0.25, 0.3) is 0 Å². The summed E-state index contributed by atoms with van der Waals surface area (Å²) in [4.78, 5) is 11.9. The van der Waals surface area contributed by atoms with Crippen LogP contribution in [0.4, 0.5) is 0 Å². The molecule has 0 aliphatic heterocycles. The Balaban J connectivity index is 3.18. The van der Waals surface area contributed by atoms with Crippen molar-refractivity contribution in [3.63, 3.8) is 0 Å². The van der Waals surface area contributed by atoms with Crippen molar-refractivity contribution < 1.29 is 19.0 Å². The topological polar surface area (TPSA) is 70.8 Å². The van der Waals surface area contributed by atoms with E-state index in [1.807, 2.05) is 0 Å². The van der Waals surface area contributed by atoms with E-state index < -0.39 is 11.5 Å². The molecule has 5 nitrogen and oxygen atoms in total. The number of hydrogen-bond donors (Lipinski definition) is 1. The molecule has 1 rings (SSSR count). The van der Waals surface area contributed by atoms with Crippen LogP contribution >= 0.6 is 0 Å². The van der Waals surface area contributed by atoms with Gasteiger partial charge in [-0.15, -0.1) is 0 Å². The van der Waals surface area contributed by atoms with Gasteiger partial charge in [-0.25, -0.2) is 4.79 Å². The van der Waals surface area contributed by atoms with Crippen LogP contribution in [0.3, 0.4) is 0 Å². The summed E-state index contributed by atoms with van der Waals surface area (Å²) in [5.74, 6) is 0.635. The van der Waals surface area contributed by atoms with Gasteiger partial charge in [-0.05, 0) is 26.0 Å². The van der Waals surface area contributed by atoms with Crippen LogP contribution in [0.1, 0.15) is 19.4 Å². The molecule has 1 aromatic rings. The number of benzene rings is 1. The Bertz CT molecular complexity index is 429. The van der Waals surface area contributed by atoms with Gasteiger partial charge in [0.05, 0.1) is 20.8 Å². The number of carbonyl (C=O) groups is 1. The van der Waals surface area contributed by atoms with E-state index in [0.717, 1.165) is 0 Å². The predicted molar refractivity (Wildman–Crippen MR) is 67.7 cm³/mol. The molecular weight excluding hydrogens is 234 g/mol. The van der Waals surface area contributed by atoms with E-state index in [9.17, 15) is 4.79 Å². The van der Waals surface area contributed by atoms with E-state index in [4.69, 9.17) is 19.9 Å². The highest BCUT2D eigenvalue weighted by molar-refractivity contribution is 5.83. The highest BCUT2D eigenvalue weighted by atomic mass is 16.5. The molecule has 0 amide bonds. The quantitative estimate of drug-likeness (QED) is 0.804. The summed E-state index contributed by atoms with van der Waals surface area (Å²) < 4.78 is 15.3. The molecule has 100 valence electrons. The smallest absolute Gasteiger partial charge is 0.330 e. The van der Waals surface area contributed by atoms with Crippen molar-refractivity contribution in [3.05, 3.63) is 23.8 Å². The summed E-state index contributed by atoms with van der Waals surface area (Å²) in [5.41, 5.74) is 5.34. The highest BCUT2D eigenvalue weighted by Gasteiger charge is 2.35. The molecule has 0 saturated heterocycles. The highest BCUT2D eigenvalue weighted by Crippen LogP contribution is 2.32. The monoisotopic (exact) mass is 253 g/mol. The SMILES string of the molecule is CCOC(=O)C(C)(N)c1ccc(OC)cc1OC. The maximum Gasteiger partial charge on any atom is 0.330 e. The molecule has 0 aromatic heterocycles. The van der Waals surface area contributed by atoms with Crippen molar-refractivity contribution in [1.82, 2.24) is 0 Å². The first-order valence-electron chi connectivity index (χ1n) is 5.66. The molecule has 2 N–H and O–H groups in total. The standard InChI is InChI=1S/C13H19NO4/c1-5-18-12(15)13(2,14)10-7-6-9(16-3)8-11(10)17-4/h6-8H,5,14H2,1-4H3. The fourth-order valence-corrected chi connectivity index (χ4v) is 1.62. The van der Waals surface area contributed by atoms with Gasteiger partial charge >= 0.3 is 5.97 Å². The first kappa shape index (κ1) is 14.3. The zero-order valence-corrected chi connectivity index (χ0v) is 11.1. The van der Waals surface area contributed by atoms with E-state index in [-0.39, 0.29) is 6.61 Å². The Morgan fingerprint density at radius 3 is 2.50 bits per heavy atom. The number of nitrogens with two attached hydrogens (primary N) is 1. The fourth-order valence-electron chi connectivity index (χ4n) is 1.62. The normalized spacial score (nSPS) is 13.6. The minimum atomic E-state index is -1.26. The van der Waals surface area contributed by atoms with Gasteiger partial charge in [0.15, 0.2) is 0 Å². The molecule has 0 fully saturated rings. The second-order valence-corrected chi connectivity index (χ2v) is 3.99. The lowest BCUT2D eigenvalue weighted by Crippen LogP contribution is -2.43. The van der Waals surface area contributed by atoms with Crippen LogP contribution in [0, 0.1) is 0 Å². The third-order valence-electron chi connectivity index (χ3n) is 2.67. The Morgan fingerprint density at radius 1 is 1.33 bits per heavy atom. The van der Waals surface area contributed by atoms with Crippen LogP contribution in [0.2, 0.25) is 0 Å². The summed E-state index contributed by atoms with van der Waals surface area (Å²) in [5, 5.41) is 0. The lowest BCUT2D eigenvalue weighted by Gasteiger charge is -2.24. The summed E-state index contributed by atoms with van der Waals surface area (Å²) in [7, 11) is 3.07. The molecule has 5 heteroatoms. The lowest BCUT2D eigenvalue weighted by atomic mass is 9.92. The summed E-state index contributed by atoms with van der Waals surface area (Å²) >= 11 is 0. The number of methoxy groups -OCH3 is 2. The first-order valence-corrected chi connectivity index (χ1v) is 5.66. The minimum absolute atomic E-state index is 0.282. The van der Waals surface area contributed by atoms with Gasteiger partial charge in [-0.2, -0.15) is 0 Å². The lowest BCUT2D eigenvalue weighted by molar-refractivity contribution is -0.149. The summed E-state index contributed by atoms with van der Waals surface area (Å²) in [6.45, 7) is 3.61. The molecular formula is C13H19NO4. The van der Waals surface area contributed by atoms with Crippen molar-refractivity contribution in [3.8, 4) is 11.5 Å². The molecule has 0 aliphatic carbocycles. The van der Waals surface area contributed by atoms with Crippen LogP contribution < -0.4 is 15.2 Å². The van der Waals surface area contributed by atoms with Gasteiger partial charge in [-0.3, -0.25) is 0 Å². The number of ether oxygens (including phenoxy) is 3. The third kappa shape index (κ3) is 2.73. The number of esters is 1. The molecule has 1 unspecified atom stereocenters. The average molecular weight is 253 g/mol. The first-order chi connectivity index (χ1) is 8.47. The van der Waals surface area contributed by atoms with Crippen molar-refractivity contribution in [2.75, 3.05) is 20.8 Å². The van der Waals surface area contributed by atoms with Crippen LogP contribution in [0.25, 0.3) is 0 Å². The predicted octanol–water partition coefficient (Wildman–Crippen LogP) is 1.44. The zero-order chi connectivity index (χ0) is 13.8. The zero-order valence-electron chi connectivity index (χ0n) is 11.1. The Morgan fingerprint density at radius 2 is 2.00 bits per heavy atom. The Hall–Kier alpha value is -1.75. The maximum absolute atomic E-state index is 11.9. The van der Waals surface area contributed by atoms with Crippen molar-refractivity contribution in [2.24, 2.45) is 5.73 Å². The Kier molecular flexibility index (Phi) is 4.55. The van der Waals surface area contributed by atoms with Crippen LogP contribution in [0.5, 0.6) is 11.5 Å². The second-order valence-electron chi connectivity index (χ2n) is 3.99. The molecule has 1 atom stereocenters. The Labute approximate surface area is 107 Å². The van der Waals surface area contributed by atoms with Crippen LogP contribution in [0.15, 0.2) is 18.2 Å². The minimum Gasteiger partial charge on any atom is -0.497 e. The molecule has 0 bridgehead atoms. The van der Waals surface area contributed by atoms with E-state index in [1.165, 1.54) is 7.11 Å². The van der Waals surface area contributed by atoms with Gasteiger partial charge in [0.2, 0.25) is 0 Å². The van der Waals surface area contributed by atoms with Crippen molar-refractivity contribution >= 4 is 5.97 Å². The fraction of sp³-hybridized carbons (Fsp3) is 0.462. The van der Waals surface area contributed by atoms with E-state index >= 15 is 0 Å². The average Bonchev–Trinajstić information content (AvgIpc) is 2.38. The molecule has 0 spiro atoms. The molecule has 0 aliphatic rings. The van der Waals surface area contributed by atoms with Gasteiger partial charge in [0.1, 0.15) is 17.0 Å². The number of rotatable bonds is 5. The van der Waals surface area contributed by atoms with Gasteiger partial charge in [-0.1, -0.05) is 0 Å². The molecule has 0 saturated carbocycles. The van der Waals surface area contributed by atoms with Gasteiger partial charge in [0, 0.05) is 11.6 Å². The van der Waals surface area contributed by atoms with E-state index in [1.54, 1.807) is 39.2 Å². The molecule has 0 heterocycles. The summed E-state index contributed by atoms with van der Waals surface area (Å²) in [6.07, 6.45) is 0. The second kappa shape index (κ2) is 5.73. The molecule has 0 radical (unpaired) electrons. The van der Waals surface area contributed by atoms with E-state index in [2.05, 4.69) is 0 Å². The van der Waals surface area contributed by atoms with Crippen LogP contribution in [-0.2, 0) is 15.1 Å². The van der Waals surface area contributed by atoms with Crippen molar-refractivity contribution in [1.29, 1.82) is 0 Å². The van der Waals surface area contributed by atoms with E-state index in [0.29, 0.717) is 17.1 Å². The number of hydrogen-bond acceptors (Lipinski definition) is 5.